The highest BCUT2D eigenvalue weighted by atomic mass is 35.5. The molecule has 0 fully saturated rings. The average molecular weight is 319 g/mol. The molecular weight excluding hydrogens is 300 g/mol. The molecule has 1 atom stereocenters. The molecule has 1 unspecified atom stereocenters. The molecule has 0 aliphatic heterocycles. The van der Waals surface area contributed by atoms with Gasteiger partial charge in [-0.05, 0) is 25.2 Å². The minimum atomic E-state index is -0.345. The lowest BCUT2D eigenvalue weighted by atomic mass is 9.93. The Hall–Kier alpha value is -1.18. The van der Waals surface area contributed by atoms with Gasteiger partial charge >= 0.3 is 0 Å². The highest BCUT2D eigenvalue weighted by Gasteiger charge is 2.20. The first-order chi connectivity index (χ1) is 9.08. The lowest BCUT2D eigenvalue weighted by molar-refractivity contribution is -0.123. The van der Waals surface area contributed by atoms with Gasteiger partial charge in [-0.2, -0.15) is 0 Å². The van der Waals surface area contributed by atoms with Crippen LogP contribution in [0, 0.1) is 5.92 Å². The quantitative estimate of drug-likeness (QED) is 0.761. The van der Waals surface area contributed by atoms with Gasteiger partial charge in [-0.15, -0.1) is 23.7 Å². The Morgan fingerprint density at radius 2 is 2.20 bits per heavy atom. The van der Waals surface area contributed by atoms with Crippen LogP contribution >= 0.6 is 23.7 Å². The maximum absolute atomic E-state index is 11.6. The number of nitrogens with one attached hydrogen (secondary N) is 2. The second-order valence-electron chi connectivity index (χ2n) is 4.77. The largest absolute Gasteiger partial charge is 0.346 e. The van der Waals surface area contributed by atoms with E-state index in [1.807, 2.05) is 0 Å². The first-order valence-corrected chi connectivity index (χ1v) is 7.15. The van der Waals surface area contributed by atoms with Crippen molar-refractivity contribution in [3.8, 4) is 0 Å². The van der Waals surface area contributed by atoms with Crippen LogP contribution in [0.3, 0.4) is 0 Å². The molecule has 8 heteroatoms. The second kappa shape index (κ2) is 7.56. The molecule has 1 aromatic heterocycles. The number of nitrogens with two attached hydrogens (primary N) is 1. The summed E-state index contributed by atoms with van der Waals surface area (Å²) in [6.45, 7) is 2.04. The van der Waals surface area contributed by atoms with E-state index in [4.69, 9.17) is 5.73 Å². The third kappa shape index (κ3) is 4.43. The number of rotatable bonds is 4. The monoisotopic (exact) mass is 318 g/mol. The molecule has 2 rings (SSSR count). The maximum atomic E-state index is 11.6. The molecular formula is C12H19ClN4O2S. The van der Waals surface area contributed by atoms with Gasteiger partial charge in [0.05, 0.1) is 18.8 Å². The number of halogens is 1. The summed E-state index contributed by atoms with van der Waals surface area (Å²) in [4.78, 5) is 28.2. The zero-order valence-corrected chi connectivity index (χ0v) is 12.9. The maximum Gasteiger partial charge on any atom is 0.245 e. The number of nitrogens with zero attached hydrogens (tertiary/aromatic N) is 1. The normalized spacial score (nSPS) is 16.8. The number of aromatic nitrogens is 1. The average Bonchev–Trinajstić information content (AvgIpc) is 2.77. The van der Waals surface area contributed by atoms with E-state index in [0.717, 1.165) is 25.0 Å². The van der Waals surface area contributed by atoms with Crippen molar-refractivity contribution in [1.82, 2.24) is 10.3 Å². The van der Waals surface area contributed by atoms with Crippen LogP contribution < -0.4 is 16.4 Å². The Balaban J connectivity index is 0.00000200. The Morgan fingerprint density at radius 1 is 1.45 bits per heavy atom. The lowest BCUT2D eigenvalue weighted by Gasteiger charge is -2.15. The molecule has 0 spiro atoms. The zero-order valence-electron chi connectivity index (χ0n) is 11.3. The predicted molar refractivity (Wildman–Crippen MR) is 81.2 cm³/mol. The first kappa shape index (κ1) is 16.9. The molecule has 0 saturated carbocycles. The van der Waals surface area contributed by atoms with Gasteiger partial charge in [0.15, 0.2) is 5.13 Å². The number of aryl methyl sites for hydroxylation is 1. The highest BCUT2D eigenvalue weighted by Crippen LogP contribution is 2.31. The summed E-state index contributed by atoms with van der Waals surface area (Å²) >= 11 is 1.53. The Bertz CT molecular complexity index is 492. The molecule has 0 saturated heterocycles. The minimum Gasteiger partial charge on any atom is -0.346 e. The Morgan fingerprint density at radius 3 is 2.90 bits per heavy atom. The van der Waals surface area contributed by atoms with Crippen molar-refractivity contribution in [2.45, 2.75) is 26.2 Å². The molecule has 20 heavy (non-hydrogen) atoms. The topological polar surface area (TPSA) is 97.1 Å². The molecule has 1 heterocycles. The molecule has 1 aliphatic rings. The number of amides is 2. The third-order valence-corrected chi connectivity index (χ3v) is 4.10. The molecule has 112 valence electrons. The Labute approximate surface area is 127 Å². The van der Waals surface area contributed by atoms with E-state index in [0.29, 0.717) is 11.0 Å². The van der Waals surface area contributed by atoms with E-state index >= 15 is 0 Å². The van der Waals surface area contributed by atoms with Crippen LogP contribution in [0.25, 0.3) is 0 Å². The van der Waals surface area contributed by atoms with Gasteiger partial charge in [-0.1, -0.05) is 6.92 Å². The molecule has 1 aliphatic carbocycles. The summed E-state index contributed by atoms with van der Waals surface area (Å²) in [5, 5.41) is 5.75. The van der Waals surface area contributed by atoms with Crippen LogP contribution in [0.1, 0.15) is 23.9 Å². The van der Waals surface area contributed by atoms with E-state index < -0.39 is 0 Å². The number of anilines is 1. The smallest absolute Gasteiger partial charge is 0.245 e. The molecule has 6 nitrogen and oxygen atoms in total. The van der Waals surface area contributed by atoms with Crippen LogP contribution in [0.15, 0.2) is 0 Å². The summed E-state index contributed by atoms with van der Waals surface area (Å²) in [7, 11) is 0. The summed E-state index contributed by atoms with van der Waals surface area (Å²) < 4.78 is 0. The van der Waals surface area contributed by atoms with Gasteiger partial charge in [0.2, 0.25) is 11.8 Å². The standard InChI is InChI=1S/C12H18N4O2S.ClH/c1-7-2-3-8-9(4-7)19-12(15-8)16-11(18)6-14-10(17)5-13;/h7H,2-6,13H2,1H3,(H,14,17)(H,15,16,18);1H. The van der Waals surface area contributed by atoms with Crippen molar-refractivity contribution in [2.75, 3.05) is 18.4 Å². The van der Waals surface area contributed by atoms with Crippen LogP contribution in [-0.4, -0.2) is 29.9 Å². The van der Waals surface area contributed by atoms with Crippen LogP contribution in [0.4, 0.5) is 5.13 Å². The lowest BCUT2D eigenvalue weighted by Crippen LogP contribution is -2.36. The molecule has 0 aromatic carbocycles. The number of hydrogen-bond donors (Lipinski definition) is 3. The van der Waals surface area contributed by atoms with Crippen LogP contribution in [0.2, 0.25) is 0 Å². The SMILES string of the molecule is CC1CCc2nc(NC(=O)CNC(=O)CN)sc2C1.Cl. The van der Waals surface area contributed by atoms with Gasteiger partial charge in [0.1, 0.15) is 0 Å². The fourth-order valence-corrected chi connectivity index (χ4v) is 3.20. The predicted octanol–water partition coefficient (Wildman–Crippen LogP) is 0.703. The van der Waals surface area contributed by atoms with E-state index in [1.165, 1.54) is 16.2 Å². The van der Waals surface area contributed by atoms with E-state index in [1.54, 1.807) is 0 Å². The fourth-order valence-electron chi connectivity index (χ4n) is 2.01. The minimum absolute atomic E-state index is 0. The van der Waals surface area contributed by atoms with E-state index in [2.05, 4.69) is 22.5 Å². The van der Waals surface area contributed by atoms with Crippen molar-refractivity contribution in [3.05, 3.63) is 10.6 Å². The number of fused-ring (bicyclic) bond motifs is 1. The van der Waals surface area contributed by atoms with Gasteiger partial charge in [-0.25, -0.2) is 4.98 Å². The van der Waals surface area contributed by atoms with E-state index in [9.17, 15) is 9.59 Å². The van der Waals surface area contributed by atoms with Gasteiger partial charge in [0.25, 0.3) is 0 Å². The number of thiazole rings is 1. The Kier molecular flexibility index (Phi) is 6.38. The molecule has 2 amide bonds. The number of hydrogen-bond acceptors (Lipinski definition) is 5. The van der Waals surface area contributed by atoms with Gasteiger partial charge in [-0.3, -0.25) is 9.59 Å². The number of carbonyl (C=O) groups excluding carboxylic acids is 2. The summed E-state index contributed by atoms with van der Waals surface area (Å²) in [5.41, 5.74) is 6.24. The van der Waals surface area contributed by atoms with Crippen molar-refractivity contribution in [2.24, 2.45) is 11.7 Å². The number of carbonyl (C=O) groups is 2. The molecule has 1 aromatic rings. The fraction of sp³-hybridized carbons (Fsp3) is 0.583. The summed E-state index contributed by atoms with van der Waals surface area (Å²) in [6, 6.07) is 0. The van der Waals surface area contributed by atoms with Gasteiger partial charge < -0.3 is 16.4 Å². The molecule has 0 radical (unpaired) electrons. The molecule has 4 N–H and O–H groups in total. The van der Waals surface area contributed by atoms with Gasteiger partial charge in [0, 0.05) is 4.88 Å². The first-order valence-electron chi connectivity index (χ1n) is 6.33. The van der Waals surface area contributed by atoms with Crippen molar-refractivity contribution in [3.63, 3.8) is 0 Å². The van der Waals surface area contributed by atoms with Crippen molar-refractivity contribution < 1.29 is 9.59 Å². The third-order valence-electron chi connectivity index (χ3n) is 3.06. The molecule has 0 bridgehead atoms. The highest BCUT2D eigenvalue weighted by molar-refractivity contribution is 7.15. The van der Waals surface area contributed by atoms with E-state index in [-0.39, 0.29) is 37.3 Å². The summed E-state index contributed by atoms with van der Waals surface area (Å²) in [5.74, 6) is 0.0590. The second-order valence-corrected chi connectivity index (χ2v) is 5.85. The van der Waals surface area contributed by atoms with Crippen molar-refractivity contribution in [1.29, 1.82) is 0 Å². The summed E-state index contributed by atoms with van der Waals surface area (Å²) in [6.07, 6.45) is 3.16. The van der Waals surface area contributed by atoms with Crippen LogP contribution in [-0.2, 0) is 22.4 Å². The van der Waals surface area contributed by atoms with Crippen LogP contribution in [0.5, 0.6) is 0 Å². The van der Waals surface area contributed by atoms with Crippen molar-refractivity contribution >= 4 is 40.7 Å². The zero-order chi connectivity index (χ0) is 13.8.